The molecule has 3 N–H and O–H groups in total. The normalized spacial score (nSPS) is 14.3. The van der Waals surface area contributed by atoms with Gasteiger partial charge in [-0.25, -0.2) is 4.98 Å². The van der Waals surface area contributed by atoms with Crippen LogP contribution in [0.1, 0.15) is 38.6 Å². The molecule has 0 radical (unpaired) electrons. The lowest BCUT2D eigenvalue weighted by molar-refractivity contribution is 0.0123. The SMILES string of the molecule is COC(C)(C)CCC(N)c1ncn[nH]1. The summed E-state index contributed by atoms with van der Waals surface area (Å²) in [6.45, 7) is 4.08. The van der Waals surface area contributed by atoms with Crippen LogP contribution in [0.15, 0.2) is 6.33 Å². The first-order valence-corrected chi connectivity index (χ1v) is 4.71. The Labute approximate surface area is 84.1 Å². The van der Waals surface area contributed by atoms with Gasteiger partial charge in [-0.1, -0.05) is 0 Å². The number of rotatable bonds is 5. The van der Waals surface area contributed by atoms with Crippen molar-refractivity contribution in [3.63, 3.8) is 0 Å². The van der Waals surface area contributed by atoms with Gasteiger partial charge in [0, 0.05) is 7.11 Å². The van der Waals surface area contributed by atoms with Crippen LogP contribution in [0.2, 0.25) is 0 Å². The van der Waals surface area contributed by atoms with E-state index in [1.165, 1.54) is 6.33 Å². The highest BCUT2D eigenvalue weighted by atomic mass is 16.5. The summed E-state index contributed by atoms with van der Waals surface area (Å²) in [5.41, 5.74) is 5.78. The van der Waals surface area contributed by atoms with Crippen molar-refractivity contribution >= 4 is 0 Å². The molecule has 0 fully saturated rings. The number of aromatic nitrogens is 3. The molecule has 0 spiro atoms. The van der Waals surface area contributed by atoms with Crippen molar-refractivity contribution in [2.75, 3.05) is 7.11 Å². The summed E-state index contributed by atoms with van der Waals surface area (Å²) >= 11 is 0. The maximum Gasteiger partial charge on any atom is 0.141 e. The molecule has 0 aliphatic carbocycles. The number of nitrogens with two attached hydrogens (primary N) is 1. The second-order valence-corrected chi connectivity index (χ2v) is 3.98. The Kier molecular flexibility index (Phi) is 3.60. The van der Waals surface area contributed by atoms with Gasteiger partial charge < -0.3 is 10.5 Å². The third kappa shape index (κ3) is 3.08. The third-order valence-corrected chi connectivity index (χ3v) is 2.39. The average Bonchev–Trinajstić information content (AvgIpc) is 2.67. The Bertz CT molecular complexity index is 258. The van der Waals surface area contributed by atoms with Crippen molar-refractivity contribution in [3.05, 3.63) is 12.2 Å². The van der Waals surface area contributed by atoms with Crippen molar-refractivity contribution in [3.8, 4) is 0 Å². The first kappa shape index (κ1) is 11.1. The van der Waals surface area contributed by atoms with Crippen LogP contribution in [0.3, 0.4) is 0 Å². The Balaban J connectivity index is 2.39. The smallest absolute Gasteiger partial charge is 0.141 e. The monoisotopic (exact) mass is 198 g/mol. The summed E-state index contributed by atoms with van der Waals surface area (Å²) in [6.07, 6.45) is 3.19. The van der Waals surface area contributed by atoms with Gasteiger partial charge in [0.05, 0.1) is 11.6 Å². The van der Waals surface area contributed by atoms with E-state index >= 15 is 0 Å². The Hall–Kier alpha value is -0.940. The number of hydrogen-bond acceptors (Lipinski definition) is 4. The Morgan fingerprint density at radius 1 is 1.64 bits per heavy atom. The van der Waals surface area contributed by atoms with E-state index in [1.54, 1.807) is 7.11 Å². The van der Waals surface area contributed by atoms with Gasteiger partial charge in [-0.15, -0.1) is 0 Å². The predicted molar refractivity (Wildman–Crippen MR) is 53.6 cm³/mol. The van der Waals surface area contributed by atoms with Crippen molar-refractivity contribution < 1.29 is 4.74 Å². The van der Waals surface area contributed by atoms with Gasteiger partial charge in [0.2, 0.25) is 0 Å². The van der Waals surface area contributed by atoms with Crippen molar-refractivity contribution in [2.45, 2.75) is 38.3 Å². The zero-order valence-corrected chi connectivity index (χ0v) is 8.95. The van der Waals surface area contributed by atoms with Crippen LogP contribution in [-0.4, -0.2) is 27.9 Å². The summed E-state index contributed by atoms with van der Waals surface area (Å²) in [6, 6.07) is -0.0908. The second-order valence-electron chi connectivity index (χ2n) is 3.98. The van der Waals surface area contributed by atoms with Gasteiger partial charge in [0.25, 0.3) is 0 Å². The molecule has 5 nitrogen and oxygen atoms in total. The number of aromatic amines is 1. The minimum Gasteiger partial charge on any atom is -0.379 e. The van der Waals surface area contributed by atoms with Gasteiger partial charge in [0.15, 0.2) is 0 Å². The molecule has 1 rings (SSSR count). The van der Waals surface area contributed by atoms with Crippen LogP contribution in [-0.2, 0) is 4.74 Å². The number of nitrogens with one attached hydrogen (secondary N) is 1. The standard InChI is InChI=1S/C9H18N4O/c1-9(2,14-3)5-4-7(10)8-11-6-12-13-8/h6-7H,4-5,10H2,1-3H3,(H,11,12,13). The number of hydrogen-bond donors (Lipinski definition) is 2. The molecule has 0 saturated heterocycles. The van der Waals surface area contributed by atoms with Crippen LogP contribution in [0.25, 0.3) is 0 Å². The molecule has 1 heterocycles. The van der Waals surface area contributed by atoms with Gasteiger partial charge in [-0.2, -0.15) is 5.10 Å². The van der Waals surface area contributed by atoms with E-state index in [0.29, 0.717) is 0 Å². The highest BCUT2D eigenvalue weighted by molar-refractivity contribution is 4.90. The number of nitrogens with zero attached hydrogens (tertiary/aromatic N) is 2. The molecule has 80 valence electrons. The molecular weight excluding hydrogens is 180 g/mol. The number of H-pyrrole nitrogens is 1. The summed E-state index contributed by atoms with van der Waals surface area (Å²) in [4.78, 5) is 4.01. The zero-order chi connectivity index (χ0) is 10.6. The Morgan fingerprint density at radius 2 is 2.36 bits per heavy atom. The minimum absolute atomic E-state index is 0.0908. The van der Waals surface area contributed by atoms with Gasteiger partial charge in [-0.05, 0) is 26.7 Å². The summed E-state index contributed by atoms with van der Waals surface area (Å²) in [7, 11) is 1.71. The van der Waals surface area contributed by atoms with E-state index in [0.717, 1.165) is 18.7 Å². The lowest BCUT2D eigenvalue weighted by Crippen LogP contribution is -2.25. The van der Waals surface area contributed by atoms with Crippen LogP contribution >= 0.6 is 0 Å². The Morgan fingerprint density at radius 3 is 2.86 bits per heavy atom. The highest BCUT2D eigenvalue weighted by Gasteiger charge is 2.19. The highest BCUT2D eigenvalue weighted by Crippen LogP contribution is 2.20. The second kappa shape index (κ2) is 4.52. The molecule has 5 heteroatoms. The minimum atomic E-state index is -0.127. The molecule has 0 amide bonds. The van der Waals surface area contributed by atoms with Crippen LogP contribution in [0.5, 0.6) is 0 Å². The number of ether oxygens (including phenoxy) is 1. The molecule has 14 heavy (non-hydrogen) atoms. The number of methoxy groups -OCH3 is 1. The maximum absolute atomic E-state index is 5.91. The summed E-state index contributed by atoms with van der Waals surface area (Å²) in [5, 5.41) is 6.52. The molecule has 0 bridgehead atoms. The van der Waals surface area contributed by atoms with E-state index in [1.807, 2.05) is 13.8 Å². The lowest BCUT2D eigenvalue weighted by atomic mass is 9.99. The van der Waals surface area contributed by atoms with Gasteiger partial charge in [0.1, 0.15) is 12.2 Å². The third-order valence-electron chi connectivity index (χ3n) is 2.39. The summed E-state index contributed by atoms with van der Waals surface area (Å²) < 4.78 is 5.30. The van der Waals surface area contributed by atoms with E-state index in [9.17, 15) is 0 Å². The molecule has 1 aromatic rings. The van der Waals surface area contributed by atoms with E-state index < -0.39 is 0 Å². The maximum atomic E-state index is 5.91. The fraction of sp³-hybridized carbons (Fsp3) is 0.778. The predicted octanol–water partition coefficient (Wildman–Crippen LogP) is 1.01. The van der Waals surface area contributed by atoms with Crippen LogP contribution < -0.4 is 5.73 Å². The van der Waals surface area contributed by atoms with Crippen molar-refractivity contribution in [1.82, 2.24) is 15.2 Å². The molecule has 0 aliphatic rings. The van der Waals surface area contributed by atoms with Crippen molar-refractivity contribution in [1.29, 1.82) is 0 Å². The molecule has 1 unspecified atom stereocenters. The van der Waals surface area contributed by atoms with Gasteiger partial charge in [-0.3, -0.25) is 5.10 Å². The van der Waals surface area contributed by atoms with Crippen molar-refractivity contribution in [2.24, 2.45) is 5.73 Å². The zero-order valence-electron chi connectivity index (χ0n) is 8.95. The van der Waals surface area contributed by atoms with E-state index in [-0.39, 0.29) is 11.6 Å². The summed E-state index contributed by atoms with van der Waals surface area (Å²) in [5.74, 6) is 0.733. The first-order chi connectivity index (χ1) is 6.55. The molecule has 0 aromatic carbocycles. The molecular formula is C9H18N4O. The quantitative estimate of drug-likeness (QED) is 0.740. The fourth-order valence-corrected chi connectivity index (χ4v) is 1.14. The average molecular weight is 198 g/mol. The lowest BCUT2D eigenvalue weighted by Gasteiger charge is -2.23. The molecule has 0 saturated carbocycles. The van der Waals surface area contributed by atoms with E-state index in [4.69, 9.17) is 10.5 Å². The van der Waals surface area contributed by atoms with Crippen LogP contribution in [0, 0.1) is 0 Å². The van der Waals surface area contributed by atoms with Crippen LogP contribution in [0.4, 0.5) is 0 Å². The first-order valence-electron chi connectivity index (χ1n) is 4.71. The molecule has 1 atom stereocenters. The molecule has 0 aliphatic heterocycles. The molecule has 1 aromatic heterocycles. The topological polar surface area (TPSA) is 76.8 Å². The largest absolute Gasteiger partial charge is 0.379 e. The fourth-order valence-electron chi connectivity index (χ4n) is 1.14. The van der Waals surface area contributed by atoms with Gasteiger partial charge >= 0.3 is 0 Å². The van der Waals surface area contributed by atoms with E-state index in [2.05, 4.69) is 15.2 Å².